The van der Waals surface area contributed by atoms with Gasteiger partial charge in [-0.15, -0.1) is 11.3 Å². The number of pyridine rings is 1. The van der Waals surface area contributed by atoms with Gasteiger partial charge in [0, 0.05) is 48.7 Å². The molecule has 1 N–H and O–H groups in total. The van der Waals surface area contributed by atoms with Crippen molar-refractivity contribution < 1.29 is 18.0 Å². The van der Waals surface area contributed by atoms with E-state index in [2.05, 4.69) is 20.2 Å². The summed E-state index contributed by atoms with van der Waals surface area (Å²) in [6.07, 6.45) is 2.95. The van der Waals surface area contributed by atoms with Crippen molar-refractivity contribution in [2.75, 3.05) is 13.1 Å². The van der Waals surface area contributed by atoms with Crippen LogP contribution in [0, 0.1) is 12.8 Å². The van der Waals surface area contributed by atoms with Gasteiger partial charge in [0.1, 0.15) is 0 Å². The molecule has 0 atom stereocenters. The summed E-state index contributed by atoms with van der Waals surface area (Å²) in [5.74, 6) is 0.614. The Balaban J connectivity index is 1.18. The Morgan fingerprint density at radius 3 is 2.79 bits per heavy atom. The summed E-state index contributed by atoms with van der Waals surface area (Å²) in [5.41, 5.74) is 2.37. The zero-order chi connectivity index (χ0) is 23.4. The Hall–Kier alpha value is -2.00. The van der Waals surface area contributed by atoms with Gasteiger partial charge in [0.2, 0.25) is 0 Å². The lowest BCUT2D eigenvalue weighted by Crippen LogP contribution is -2.38. The van der Waals surface area contributed by atoms with Gasteiger partial charge in [0.15, 0.2) is 0 Å². The SMILES string of the molecule is Cc1ncccc1C(=O)N[C@H]1CC[C@H](CCN2CCc3sc(CCC(F)(F)F)nc3C2)CC1. The molecule has 3 heterocycles. The van der Waals surface area contributed by atoms with Gasteiger partial charge >= 0.3 is 6.18 Å². The van der Waals surface area contributed by atoms with Gasteiger partial charge in [-0.05, 0) is 70.0 Å². The lowest BCUT2D eigenvalue weighted by atomic mass is 9.84. The monoisotopic (exact) mass is 480 g/mol. The first-order valence-corrected chi connectivity index (χ1v) is 12.6. The minimum Gasteiger partial charge on any atom is -0.349 e. The van der Waals surface area contributed by atoms with Crippen LogP contribution in [0.5, 0.6) is 0 Å². The number of aryl methyl sites for hydroxylation is 2. The molecule has 33 heavy (non-hydrogen) atoms. The molecule has 5 nitrogen and oxygen atoms in total. The molecule has 9 heteroatoms. The number of hydrogen-bond donors (Lipinski definition) is 1. The molecule has 0 saturated heterocycles. The molecular formula is C24H31F3N4OS. The molecule has 0 unspecified atom stereocenters. The number of alkyl halides is 3. The maximum atomic E-state index is 12.5. The molecule has 2 aromatic heterocycles. The smallest absolute Gasteiger partial charge is 0.349 e. The van der Waals surface area contributed by atoms with Crippen LogP contribution in [0.25, 0.3) is 0 Å². The van der Waals surface area contributed by atoms with Crippen molar-refractivity contribution in [1.29, 1.82) is 0 Å². The summed E-state index contributed by atoms with van der Waals surface area (Å²) >= 11 is 1.45. The number of rotatable bonds is 7. The molecule has 180 valence electrons. The van der Waals surface area contributed by atoms with Crippen LogP contribution in [-0.2, 0) is 19.4 Å². The predicted molar refractivity (Wildman–Crippen MR) is 122 cm³/mol. The third-order valence-corrected chi connectivity index (χ3v) is 7.98. The highest BCUT2D eigenvalue weighted by atomic mass is 32.1. The summed E-state index contributed by atoms with van der Waals surface area (Å²) < 4.78 is 37.5. The second kappa shape index (κ2) is 10.5. The molecule has 0 spiro atoms. The number of hydrogen-bond acceptors (Lipinski definition) is 5. The predicted octanol–water partition coefficient (Wildman–Crippen LogP) is 5.08. The first-order chi connectivity index (χ1) is 15.8. The Morgan fingerprint density at radius 2 is 2.06 bits per heavy atom. The third-order valence-electron chi connectivity index (χ3n) is 6.76. The molecule has 0 aromatic carbocycles. The molecular weight excluding hydrogens is 449 g/mol. The fourth-order valence-corrected chi connectivity index (χ4v) is 5.87. The second-order valence-corrected chi connectivity index (χ2v) is 10.4. The van der Waals surface area contributed by atoms with E-state index < -0.39 is 12.6 Å². The zero-order valence-electron chi connectivity index (χ0n) is 19.0. The van der Waals surface area contributed by atoms with Gasteiger partial charge in [0.25, 0.3) is 5.91 Å². The Bertz CT molecular complexity index is 953. The summed E-state index contributed by atoms with van der Waals surface area (Å²) in [6.45, 7) is 4.53. The molecule has 4 rings (SSSR count). The molecule has 2 aliphatic rings. The fourth-order valence-electron chi connectivity index (χ4n) is 4.80. The van der Waals surface area contributed by atoms with Crippen molar-refractivity contribution in [2.45, 2.75) is 77.1 Å². The first-order valence-electron chi connectivity index (χ1n) is 11.8. The van der Waals surface area contributed by atoms with E-state index in [1.807, 2.05) is 13.0 Å². The molecule has 0 radical (unpaired) electrons. The van der Waals surface area contributed by atoms with Gasteiger partial charge < -0.3 is 5.32 Å². The van der Waals surface area contributed by atoms with Crippen molar-refractivity contribution >= 4 is 17.2 Å². The second-order valence-electron chi connectivity index (χ2n) is 9.23. The normalized spacial score (nSPS) is 21.6. The molecule has 2 aromatic rings. The van der Waals surface area contributed by atoms with Crippen LogP contribution < -0.4 is 5.32 Å². The number of thiazole rings is 1. The average Bonchev–Trinajstić information content (AvgIpc) is 3.19. The number of carbonyl (C=O) groups is 1. The van der Waals surface area contributed by atoms with E-state index in [0.29, 0.717) is 16.5 Å². The molecule has 1 aliphatic carbocycles. The minimum absolute atomic E-state index is 0.0126. The maximum absolute atomic E-state index is 12.5. The fraction of sp³-hybridized carbons (Fsp3) is 0.625. The van der Waals surface area contributed by atoms with Crippen LogP contribution in [0.2, 0.25) is 0 Å². The highest BCUT2D eigenvalue weighted by Gasteiger charge is 2.29. The summed E-state index contributed by atoms with van der Waals surface area (Å²) in [5, 5.41) is 3.78. The van der Waals surface area contributed by atoms with E-state index >= 15 is 0 Å². The minimum atomic E-state index is -4.13. The van der Waals surface area contributed by atoms with Gasteiger partial charge in [0.05, 0.1) is 16.3 Å². The standard InChI is InChI=1S/C24H31F3N4OS/c1-16-19(3-2-12-28-16)23(32)29-18-6-4-17(5-7-18)9-13-31-14-10-21-20(15-31)30-22(33-21)8-11-24(25,26)27/h2-3,12,17-18H,4-11,13-15H2,1H3,(H,29,32)/t17-,18-. The quantitative estimate of drug-likeness (QED) is 0.601. The zero-order valence-corrected chi connectivity index (χ0v) is 19.8. The topological polar surface area (TPSA) is 58.1 Å². The van der Waals surface area contributed by atoms with Crippen LogP contribution in [0.15, 0.2) is 18.3 Å². The summed E-state index contributed by atoms with van der Waals surface area (Å²) in [6, 6.07) is 3.82. The summed E-state index contributed by atoms with van der Waals surface area (Å²) in [4.78, 5) is 24.8. The number of nitrogens with zero attached hydrogens (tertiary/aromatic N) is 3. The van der Waals surface area contributed by atoms with E-state index in [-0.39, 0.29) is 18.4 Å². The molecule has 1 fully saturated rings. The number of halogens is 3. The third kappa shape index (κ3) is 6.76. The van der Waals surface area contributed by atoms with E-state index in [0.717, 1.165) is 74.4 Å². The van der Waals surface area contributed by atoms with Crippen LogP contribution in [0.3, 0.4) is 0 Å². The highest BCUT2D eigenvalue weighted by Crippen LogP contribution is 2.31. The lowest BCUT2D eigenvalue weighted by molar-refractivity contribution is -0.134. The largest absolute Gasteiger partial charge is 0.389 e. The van der Waals surface area contributed by atoms with E-state index in [1.165, 1.54) is 11.3 Å². The van der Waals surface area contributed by atoms with Crippen molar-refractivity contribution in [1.82, 2.24) is 20.2 Å². The Morgan fingerprint density at radius 1 is 1.27 bits per heavy atom. The Labute approximate surface area is 196 Å². The average molecular weight is 481 g/mol. The van der Waals surface area contributed by atoms with E-state index in [9.17, 15) is 18.0 Å². The maximum Gasteiger partial charge on any atom is 0.389 e. The van der Waals surface area contributed by atoms with Gasteiger partial charge in [-0.1, -0.05) is 0 Å². The first kappa shape index (κ1) is 24.1. The lowest BCUT2D eigenvalue weighted by Gasteiger charge is -2.32. The number of amides is 1. The molecule has 1 saturated carbocycles. The van der Waals surface area contributed by atoms with Crippen molar-refractivity contribution in [3.63, 3.8) is 0 Å². The van der Waals surface area contributed by atoms with Crippen LogP contribution >= 0.6 is 11.3 Å². The van der Waals surface area contributed by atoms with Crippen LogP contribution in [0.4, 0.5) is 13.2 Å². The molecule has 1 aliphatic heterocycles. The highest BCUT2D eigenvalue weighted by molar-refractivity contribution is 7.11. The number of carbonyl (C=O) groups excluding carboxylic acids is 1. The summed E-state index contributed by atoms with van der Waals surface area (Å²) in [7, 11) is 0. The molecule has 0 bridgehead atoms. The molecule has 1 amide bonds. The van der Waals surface area contributed by atoms with E-state index in [4.69, 9.17) is 0 Å². The van der Waals surface area contributed by atoms with Crippen LogP contribution in [-0.4, -0.2) is 46.1 Å². The van der Waals surface area contributed by atoms with Crippen molar-refractivity contribution in [3.8, 4) is 0 Å². The van der Waals surface area contributed by atoms with Gasteiger partial charge in [-0.3, -0.25) is 14.7 Å². The van der Waals surface area contributed by atoms with Crippen molar-refractivity contribution in [2.24, 2.45) is 5.92 Å². The van der Waals surface area contributed by atoms with Crippen molar-refractivity contribution in [3.05, 3.63) is 45.2 Å². The van der Waals surface area contributed by atoms with E-state index in [1.54, 1.807) is 12.3 Å². The number of fused-ring (bicyclic) bond motifs is 1. The van der Waals surface area contributed by atoms with Crippen LogP contribution in [0.1, 0.15) is 70.2 Å². The van der Waals surface area contributed by atoms with Gasteiger partial charge in [-0.25, -0.2) is 4.98 Å². The number of aromatic nitrogens is 2. The number of nitrogens with one attached hydrogen (secondary N) is 1. The van der Waals surface area contributed by atoms with Gasteiger partial charge in [-0.2, -0.15) is 13.2 Å². The Kier molecular flexibility index (Phi) is 7.69.